The highest BCUT2D eigenvalue weighted by molar-refractivity contribution is 5.94. The van der Waals surface area contributed by atoms with Gasteiger partial charge in [0.2, 0.25) is 5.91 Å². The van der Waals surface area contributed by atoms with Gasteiger partial charge in [-0.3, -0.25) is 9.59 Å². The van der Waals surface area contributed by atoms with Crippen molar-refractivity contribution in [1.82, 2.24) is 10.6 Å². The van der Waals surface area contributed by atoms with E-state index in [2.05, 4.69) is 10.6 Å². The Morgan fingerprint density at radius 3 is 2.77 bits per heavy atom. The molecule has 0 unspecified atom stereocenters. The van der Waals surface area contributed by atoms with Crippen LogP contribution in [0.3, 0.4) is 0 Å². The smallest absolute Gasteiger partial charge is 0.251 e. The molecule has 2 N–H and O–H groups in total. The molecule has 6 heteroatoms. The Morgan fingerprint density at radius 2 is 2.05 bits per heavy atom. The highest BCUT2D eigenvalue weighted by Crippen LogP contribution is 2.12. The van der Waals surface area contributed by atoms with Gasteiger partial charge >= 0.3 is 0 Å². The molecule has 2 aromatic rings. The minimum Gasteiger partial charge on any atom is -0.497 e. The summed E-state index contributed by atoms with van der Waals surface area (Å²) in [6.45, 7) is 0.607. The molecular formula is C16H18N2O4. The zero-order valence-corrected chi connectivity index (χ0v) is 12.3. The van der Waals surface area contributed by atoms with Crippen LogP contribution in [0.15, 0.2) is 47.1 Å². The van der Waals surface area contributed by atoms with Gasteiger partial charge in [0.25, 0.3) is 5.91 Å². The van der Waals surface area contributed by atoms with Crippen LogP contribution in [0.4, 0.5) is 0 Å². The molecule has 0 aliphatic rings. The maximum absolute atomic E-state index is 11.9. The molecule has 0 radical (unpaired) electrons. The molecule has 0 spiro atoms. The molecule has 0 aliphatic heterocycles. The van der Waals surface area contributed by atoms with E-state index >= 15 is 0 Å². The number of furan rings is 1. The number of hydrogen-bond acceptors (Lipinski definition) is 4. The summed E-state index contributed by atoms with van der Waals surface area (Å²) in [4.78, 5) is 23.6. The average Bonchev–Trinajstić information content (AvgIpc) is 3.06. The van der Waals surface area contributed by atoms with Crippen molar-refractivity contribution < 1.29 is 18.7 Å². The summed E-state index contributed by atoms with van der Waals surface area (Å²) in [7, 11) is 1.54. The lowest BCUT2D eigenvalue weighted by atomic mass is 10.2. The van der Waals surface area contributed by atoms with Crippen LogP contribution in [0.1, 0.15) is 22.5 Å². The minimum absolute atomic E-state index is 0.151. The summed E-state index contributed by atoms with van der Waals surface area (Å²) in [5, 5.41) is 5.41. The van der Waals surface area contributed by atoms with E-state index < -0.39 is 0 Å². The van der Waals surface area contributed by atoms with Gasteiger partial charge in [-0.05, 0) is 30.3 Å². The summed E-state index contributed by atoms with van der Waals surface area (Å²) in [6, 6.07) is 10.4. The fourth-order valence-electron chi connectivity index (χ4n) is 1.84. The maximum atomic E-state index is 11.9. The van der Waals surface area contributed by atoms with E-state index in [-0.39, 0.29) is 24.8 Å². The average molecular weight is 302 g/mol. The first-order valence-electron chi connectivity index (χ1n) is 6.90. The third-order valence-electron chi connectivity index (χ3n) is 3.01. The van der Waals surface area contributed by atoms with Crippen molar-refractivity contribution in [2.24, 2.45) is 0 Å². The second-order valence-corrected chi connectivity index (χ2v) is 4.59. The molecule has 0 saturated carbocycles. The van der Waals surface area contributed by atoms with Crippen LogP contribution in [-0.4, -0.2) is 25.5 Å². The third kappa shape index (κ3) is 4.66. The van der Waals surface area contributed by atoms with Crippen molar-refractivity contribution in [3.8, 4) is 5.75 Å². The Hall–Kier alpha value is -2.76. The topological polar surface area (TPSA) is 80.6 Å². The molecule has 1 heterocycles. The van der Waals surface area contributed by atoms with Gasteiger partial charge in [-0.25, -0.2) is 0 Å². The zero-order valence-electron chi connectivity index (χ0n) is 12.3. The van der Waals surface area contributed by atoms with Crippen LogP contribution in [0.25, 0.3) is 0 Å². The van der Waals surface area contributed by atoms with Crippen molar-refractivity contribution in [3.05, 3.63) is 54.0 Å². The summed E-state index contributed by atoms with van der Waals surface area (Å²) in [6.07, 6.45) is 1.76. The minimum atomic E-state index is -0.238. The lowest BCUT2D eigenvalue weighted by molar-refractivity contribution is -0.121. The van der Waals surface area contributed by atoms with E-state index in [4.69, 9.17) is 9.15 Å². The van der Waals surface area contributed by atoms with Crippen LogP contribution >= 0.6 is 0 Å². The SMILES string of the molecule is COc1cccc(C(=O)NCCC(=O)NCc2ccco2)c1. The number of carbonyl (C=O) groups excluding carboxylic acids is 2. The number of nitrogens with one attached hydrogen (secondary N) is 2. The summed E-state index contributed by atoms with van der Waals surface area (Å²) in [5.74, 6) is 0.915. The van der Waals surface area contributed by atoms with Crippen molar-refractivity contribution in [1.29, 1.82) is 0 Å². The quantitative estimate of drug-likeness (QED) is 0.816. The van der Waals surface area contributed by atoms with Crippen molar-refractivity contribution >= 4 is 11.8 Å². The summed E-state index contributed by atoms with van der Waals surface area (Å²) < 4.78 is 10.2. The molecule has 2 amide bonds. The Morgan fingerprint density at radius 1 is 1.18 bits per heavy atom. The lowest BCUT2D eigenvalue weighted by Crippen LogP contribution is -2.30. The molecule has 1 aromatic carbocycles. The van der Waals surface area contributed by atoms with Gasteiger partial charge in [0.05, 0.1) is 19.9 Å². The van der Waals surface area contributed by atoms with E-state index in [0.717, 1.165) is 0 Å². The monoisotopic (exact) mass is 302 g/mol. The number of amides is 2. The molecule has 0 saturated heterocycles. The fourth-order valence-corrected chi connectivity index (χ4v) is 1.84. The highest BCUT2D eigenvalue weighted by Gasteiger charge is 2.08. The lowest BCUT2D eigenvalue weighted by Gasteiger charge is -2.07. The van der Waals surface area contributed by atoms with Gasteiger partial charge in [-0.2, -0.15) is 0 Å². The van der Waals surface area contributed by atoms with E-state index in [1.807, 2.05) is 0 Å². The predicted octanol–water partition coefficient (Wildman–Crippen LogP) is 1.72. The second-order valence-electron chi connectivity index (χ2n) is 4.59. The van der Waals surface area contributed by atoms with E-state index in [9.17, 15) is 9.59 Å². The highest BCUT2D eigenvalue weighted by atomic mass is 16.5. The van der Waals surface area contributed by atoms with Crippen LogP contribution in [0.2, 0.25) is 0 Å². The normalized spacial score (nSPS) is 10.0. The van der Waals surface area contributed by atoms with Crippen LogP contribution in [0, 0.1) is 0 Å². The standard InChI is InChI=1S/C16H18N2O4/c1-21-13-5-2-4-12(10-13)16(20)17-8-7-15(19)18-11-14-6-3-9-22-14/h2-6,9-10H,7-8,11H2,1H3,(H,17,20)(H,18,19). The van der Waals surface area contributed by atoms with Crippen molar-refractivity contribution in [2.75, 3.05) is 13.7 Å². The largest absolute Gasteiger partial charge is 0.497 e. The Bertz CT molecular complexity index is 623. The number of hydrogen-bond donors (Lipinski definition) is 2. The summed E-state index contributed by atoms with van der Waals surface area (Å²) in [5.41, 5.74) is 0.496. The van der Waals surface area contributed by atoms with Crippen molar-refractivity contribution in [2.45, 2.75) is 13.0 Å². The van der Waals surface area contributed by atoms with Gasteiger partial charge < -0.3 is 19.8 Å². The summed E-state index contributed by atoms with van der Waals surface area (Å²) >= 11 is 0. The second kappa shape index (κ2) is 7.87. The molecule has 2 rings (SSSR count). The van der Waals surface area contributed by atoms with E-state index in [1.165, 1.54) is 0 Å². The first-order chi connectivity index (χ1) is 10.7. The number of ether oxygens (including phenoxy) is 1. The molecule has 0 bridgehead atoms. The molecule has 1 aromatic heterocycles. The first kappa shape index (κ1) is 15.6. The number of methoxy groups -OCH3 is 1. The Labute approximate surface area is 128 Å². The van der Waals surface area contributed by atoms with Gasteiger partial charge in [-0.15, -0.1) is 0 Å². The molecule has 6 nitrogen and oxygen atoms in total. The molecule has 0 fully saturated rings. The maximum Gasteiger partial charge on any atom is 0.251 e. The fraction of sp³-hybridized carbons (Fsp3) is 0.250. The van der Waals surface area contributed by atoms with Crippen LogP contribution in [0.5, 0.6) is 5.75 Å². The van der Waals surface area contributed by atoms with Crippen molar-refractivity contribution in [3.63, 3.8) is 0 Å². The zero-order chi connectivity index (χ0) is 15.8. The van der Waals surface area contributed by atoms with Gasteiger partial charge in [-0.1, -0.05) is 6.07 Å². The number of benzene rings is 1. The van der Waals surface area contributed by atoms with Crippen LogP contribution in [-0.2, 0) is 11.3 Å². The first-order valence-corrected chi connectivity index (χ1v) is 6.90. The molecule has 22 heavy (non-hydrogen) atoms. The van der Waals surface area contributed by atoms with E-state index in [1.54, 1.807) is 49.8 Å². The van der Waals surface area contributed by atoms with E-state index in [0.29, 0.717) is 23.6 Å². The van der Waals surface area contributed by atoms with Gasteiger partial charge in [0.1, 0.15) is 11.5 Å². The number of rotatable bonds is 7. The van der Waals surface area contributed by atoms with Gasteiger partial charge in [0.15, 0.2) is 0 Å². The molecule has 0 aliphatic carbocycles. The molecule has 116 valence electrons. The Kier molecular flexibility index (Phi) is 5.59. The third-order valence-corrected chi connectivity index (χ3v) is 3.01. The predicted molar refractivity (Wildman–Crippen MR) is 80.5 cm³/mol. The molecule has 0 atom stereocenters. The van der Waals surface area contributed by atoms with Crippen LogP contribution < -0.4 is 15.4 Å². The Balaban J connectivity index is 1.71. The van der Waals surface area contributed by atoms with Gasteiger partial charge in [0, 0.05) is 18.5 Å². The molecular weight excluding hydrogens is 284 g/mol. The number of carbonyl (C=O) groups is 2.